The van der Waals surface area contributed by atoms with Gasteiger partial charge in [0.05, 0.1) is 11.8 Å². The lowest BCUT2D eigenvalue weighted by Crippen LogP contribution is -2.41. The van der Waals surface area contributed by atoms with Crippen molar-refractivity contribution >= 4 is 18.0 Å². The molecule has 0 saturated heterocycles. The van der Waals surface area contributed by atoms with E-state index in [2.05, 4.69) is 10.6 Å². The first-order chi connectivity index (χ1) is 16.8. The molecule has 0 aromatic heterocycles. The number of rotatable bonds is 7. The molecule has 4 atom stereocenters. The molecule has 184 valence electrons. The number of alkyl halides is 2. The zero-order chi connectivity index (χ0) is 24.7. The fourth-order valence-corrected chi connectivity index (χ4v) is 5.55. The molecule has 2 aromatic rings. The Morgan fingerprint density at radius 3 is 2.26 bits per heavy atom. The maximum Gasteiger partial charge on any atom is 0.407 e. The van der Waals surface area contributed by atoms with Gasteiger partial charge in [-0.2, -0.15) is 0 Å². The predicted molar refractivity (Wildman–Crippen MR) is 122 cm³/mol. The van der Waals surface area contributed by atoms with Gasteiger partial charge in [-0.05, 0) is 35.1 Å². The van der Waals surface area contributed by atoms with Crippen LogP contribution in [0.5, 0.6) is 0 Å². The van der Waals surface area contributed by atoms with E-state index in [0.29, 0.717) is 19.3 Å². The molecule has 0 unspecified atom stereocenters. The highest BCUT2D eigenvalue weighted by molar-refractivity contribution is 5.85. The van der Waals surface area contributed by atoms with E-state index in [4.69, 9.17) is 4.74 Å². The number of carbonyl (C=O) groups is 3. The summed E-state index contributed by atoms with van der Waals surface area (Å²) in [4.78, 5) is 36.0. The number of carboxylic acid groups (broad SMARTS) is 1. The molecule has 2 saturated carbocycles. The maximum atomic E-state index is 14.3. The third-order valence-electron chi connectivity index (χ3n) is 7.46. The van der Waals surface area contributed by atoms with Crippen LogP contribution >= 0.6 is 0 Å². The van der Waals surface area contributed by atoms with Crippen LogP contribution < -0.4 is 10.6 Å². The van der Waals surface area contributed by atoms with E-state index in [0.717, 1.165) is 22.3 Å². The molecule has 3 N–H and O–H groups in total. The number of carboxylic acids is 1. The molecule has 35 heavy (non-hydrogen) atoms. The lowest BCUT2D eigenvalue weighted by molar-refractivity contribution is -0.142. The van der Waals surface area contributed by atoms with Crippen LogP contribution in [0.2, 0.25) is 0 Å². The monoisotopic (exact) mass is 484 g/mol. The number of fused-ring (bicyclic) bond motifs is 3. The number of benzene rings is 2. The molecular weight excluding hydrogens is 458 g/mol. The predicted octanol–water partition coefficient (Wildman–Crippen LogP) is 3.78. The molecule has 3 aliphatic carbocycles. The molecule has 2 aromatic carbocycles. The average molecular weight is 484 g/mol. The van der Waals surface area contributed by atoms with Crippen LogP contribution in [0.1, 0.15) is 36.3 Å². The fraction of sp³-hybridized carbons (Fsp3) is 0.423. The van der Waals surface area contributed by atoms with Gasteiger partial charge < -0.3 is 20.5 Å². The van der Waals surface area contributed by atoms with E-state index in [-0.39, 0.29) is 12.5 Å². The van der Waals surface area contributed by atoms with Crippen molar-refractivity contribution in [1.82, 2.24) is 10.6 Å². The second-order valence-corrected chi connectivity index (χ2v) is 9.46. The van der Waals surface area contributed by atoms with Crippen LogP contribution in [0.15, 0.2) is 48.5 Å². The minimum Gasteiger partial charge on any atom is -0.481 e. The molecule has 2 fully saturated rings. The molecule has 0 bridgehead atoms. The number of halogens is 2. The Hall–Kier alpha value is -3.49. The van der Waals surface area contributed by atoms with E-state index in [1.807, 2.05) is 48.5 Å². The standard InChI is InChI=1S/C26H26F2N2O5/c27-26(28)20(22(26)23(31)30-21-11-5-10-18(21)24(32)33)12-29-25(34)35-13-19-16-8-3-1-6-14(16)15-7-2-4-9-17(15)19/h1-4,6-9,18-22H,5,10-13H2,(H,29,34)(H,30,31)(H,32,33)/t18-,20-,21+,22-/m0/s1. The van der Waals surface area contributed by atoms with Crippen molar-refractivity contribution in [3.8, 4) is 11.1 Å². The number of hydrogen-bond donors (Lipinski definition) is 3. The second-order valence-electron chi connectivity index (χ2n) is 9.46. The summed E-state index contributed by atoms with van der Waals surface area (Å²) >= 11 is 0. The van der Waals surface area contributed by atoms with E-state index in [1.54, 1.807) is 0 Å². The van der Waals surface area contributed by atoms with E-state index in [9.17, 15) is 28.3 Å². The minimum atomic E-state index is -3.27. The highest BCUT2D eigenvalue weighted by atomic mass is 19.3. The third kappa shape index (κ3) is 4.24. The van der Waals surface area contributed by atoms with Gasteiger partial charge in [-0.15, -0.1) is 0 Å². The Bertz CT molecular complexity index is 1120. The number of nitrogens with one attached hydrogen (secondary N) is 2. The number of alkyl carbamates (subject to hydrolysis) is 1. The molecule has 9 heteroatoms. The lowest BCUT2D eigenvalue weighted by Gasteiger charge is -2.17. The van der Waals surface area contributed by atoms with Crippen LogP contribution in [0.3, 0.4) is 0 Å². The zero-order valence-electron chi connectivity index (χ0n) is 18.9. The Kier molecular flexibility index (Phi) is 5.94. The quantitative estimate of drug-likeness (QED) is 0.555. The summed E-state index contributed by atoms with van der Waals surface area (Å²) in [5.74, 6) is -9.03. The molecule has 0 heterocycles. The summed E-state index contributed by atoms with van der Waals surface area (Å²) in [7, 11) is 0. The van der Waals surface area contributed by atoms with Crippen molar-refractivity contribution < 1.29 is 33.0 Å². The molecule has 7 nitrogen and oxygen atoms in total. The topological polar surface area (TPSA) is 105 Å². The number of aliphatic carboxylic acids is 1. The highest BCUT2D eigenvalue weighted by Crippen LogP contribution is 2.55. The molecule has 0 spiro atoms. The lowest BCUT2D eigenvalue weighted by atomic mass is 9.98. The third-order valence-corrected chi connectivity index (χ3v) is 7.46. The smallest absolute Gasteiger partial charge is 0.407 e. The van der Waals surface area contributed by atoms with E-state index in [1.165, 1.54) is 0 Å². The largest absolute Gasteiger partial charge is 0.481 e. The summed E-state index contributed by atoms with van der Waals surface area (Å²) in [6.45, 7) is -0.349. The summed E-state index contributed by atoms with van der Waals surface area (Å²) in [6, 6.07) is 15.1. The summed E-state index contributed by atoms with van der Waals surface area (Å²) in [6.07, 6.45) is 0.656. The molecule has 0 aliphatic heterocycles. The zero-order valence-corrected chi connectivity index (χ0v) is 18.9. The van der Waals surface area contributed by atoms with Gasteiger partial charge in [0.1, 0.15) is 12.5 Å². The summed E-state index contributed by atoms with van der Waals surface area (Å²) in [5, 5.41) is 14.1. The number of hydrogen-bond acceptors (Lipinski definition) is 4. The SMILES string of the molecule is O=C(NC[C@H]1[C@@H](C(=O)N[C@@H]2CCC[C@@H]2C(=O)O)C1(F)F)OCC1c2ccccc2-c2ccccc21. The Balaban J connectivity index is 1.14. The van der Waals surface area contributed by atoms with Crippen molar-refractivity contribution in [1.29, 1.82) is 0 Å². The van der Waals surface area contributed by atoms with Crippen LogP contribution in [0.25, 0.3) is 11.1 Å². The first kappa shape index (κ1) is 23.3. The molecule has 3 aliphatic rings. The van der Waals surface area contributed by atoms with Crippen molar-refractivity contribution in [2.24, 2.45) is 17.8 Å². The van der Waals surface area contributed by atoms with Crippen LogP contribution in [-0.2, 0) is 14.3 Å². The molecular formula is C26H26F2N2O5. The molecule has 5 rings (SSSR count). The average Bonchev–Trinajstić information content (AvgIpc) is 3.13. The Morgan fingerprint density at radius 1 is 1.00 bits per heavy atom. The number of ether oxygens (including phenoxy) is 1. The maximum absolute atomic E-state index is 14.3. The van der Waals surface area contributed by atoms with Crippen LogP contribution in [0, 0.1) is 17.8 Å². The van der Waals surface area contributed by atoms with Gasteiger partial charge in [-0.25, -0.2) is 13.6 Å². The van der Waals surface area contributed by atoms with Crippen molar-refractivity contribution in [2.75, 3.05) is 13.2 Å². The summed E-state index contributed by atoms with van der Waals surface area (Å²) in [5.41, 5.74) is 4.24. The van der Waals surface area contributed by atoms with Crippen molar-refractivity contribution in [2.45, 2.75) is 37.1 Å². The molecule has 0 radical (unpaired) electrons. The van der Waals surface area contributed by atoms with Gasteiger partial charge in [0.2, 0.25) is 5.91 Å². The van der Waals surface area contributed by atoms with E-state index < -0.39 is 54.2 Å². The number of carbonyl (C=O) groups excluding carboxylic acids is 2. The van der Waals surface area contributed by atoms with Crippen molar-refractivity contribution in [3.63, 3.8) is 0 Å². The Labute approximate surface area is 200 Å². The van der Waals surface area contributed by atoms with E-state index >= 15 is 0 Å². The number of amides is 2. The first-order valence-electron chi connectivity index (χ1n) is 11.8. The van der Waals surface area contributed by atoms with Gasteiger partial charge in [0.25, 0.3) is 5.92 Å². The van der Waals surface area contributed by atoms with Crippen LogP contribution in [0.4, 0.5) is 13.6 Å². The van der Waals surface area contributed by atoms with Gasteiger partial charge in [0, 0.05) is 18.5 Å². The Morgan fingerprint density at radius 2 is 1.63 bits per heavy atom. The van der Waals surface area contributed by atoms with Gasteiger partial charge in [-0.1, -0.05) is 55.0 Å². The van der Waals surface area contributed by atoms with Crippen LogP contribution in [-0.4, -0.2) is 48.2 Å². The summed E-state index contributed by atoms with van der Waals surface area (Å²) < 4.78 is 33.9. The second kappa shape index (κ2) is 8.94. The highest BCUT2D eigenvalue weighted by Gasteiger charge is 2.71. The fourth-order valence-electron chi connectivity index (χ4n) is 5.55. The van der Waals surface area contributed by atoms with Crippen molar-refractivity contribution in [3.05, 3.63) is 59.7 Å². The van der Waals surface area contributed by atoms with Gasteiger partial charge in [-0.3, -0.25) is 9.59 Å². The van der Waals surface area contributed by atoms with Gasteiger partial charge >= 0.3 is 12.1 Å². The molecule has 2 amide bonds. The minimum absolute atomic E-state index is 0.0586. The normalized spacial score (nSPS) is 25.9. The first-order valence-corrected chi connectivity index (χ1v) is 11.8. The van der Waals surface area contributed by atoms with Gasteiger partial charge in [0.15, 0.2) is 0 Å².